The van der Waals surface area contributed by atoms with E-state index < -0.39 is 11.6 Å². The maximum Gasteiger partial charge on any atom is 0.146 e. The first kappa shape index (κ1) is 33.8. The van der Waals surface area contributed by atoms with Crippen LogP contribution in [-0.4, -0.2) is 58.6 Å². The predicted molar refractivity (Wildman–Crippen MR) is 195 cm³/mol. The number of anilines is 6. The monoisotopic (exact) mass is 746 g/mol. The Morgan fingerprint density at radius 3 is 1.48 bits per heavy atom. The quantitative estimate of drug-likeness (QED) is 0.0948. The Hall–Kier alpha value is -5.28. The molecule has 2 aliphatic heterocycles. The molecule has 8 rings (SSSR count). The zero-order valence-electron chi connectivity index (χ0n) is 27.3. The van der Waals surface area contributed by atoms with Gasteiger partial charge < -0.3 is 29.6 Å². The molecule has 4 N–H and O–H groups in total. The summed E-state index contributed by atoms with van der Waals surface area (Å²) in [5, 5.41) is 7.70. The van der Waals surface area contributed by atoms with Crippen LogP contribution in [0.4, 0.5) is 43.2 Å². The fourth-order valence-corrected chi connectivity index (χ4v) is 6.25. The minimum absolute atomic E-state index is 0.0211. The third-order valence-electron chi connectivity index (χ3n) is 8.53. The lowest BCUT2D eigenvalue weighted by Gasteiger charge is -2.21. The average molecular weight is 748 g/mol. The predicted octanol–water partition coefficient (Wildman–Crippen LogP) is 8.42. The van der Waals surface area contributed by atoms with Gasteiger partial charge in [0.2, 0.25) is 0 Å². The molecule has 0 spiro atoms. The standard InChI is InChI=1S/C36H30Cl2F2N8O4/c37-25-9-19(1-3-27(25)39)45-35-23-11-31(33(13-29(23)41-17-43-35)51-21-5-7-49-15-21)47-48-32-12-24-30(14-34(32)52-22-6-8-50-16-22)42-18-44-36(24)46-20-2-4-28(40)26(38)10-20/h1-4,9-14,17-18,21-22,47-48H,5-8,15-16H2,(H,41,43,45)(H,42,44,46)/t21-,22-/m0/s1. The van der Waals surface area contributed by atoms with Crippen molar-refractivity contribution < 1.29 is 27.7 Å². The molecule has 12 nitrogen and oxygen atoms in total. The lowest BCUT2D eigenvalue weighted by atomic mass is 10.1. The van der Waals surface area contributed by atoms with E-state index in [2.05, 4.69) is 41.4 Å². The molecule has 2 aliphatic rings. The van der Waals surface area contributed by atoms with Crippen molar-refractivity contribution in [3.05, 3.63) is 95.0 Å². The average Bonchev–Trinajstić information content (AvgIpc) is 3.86. The number of nitrogens with one attached hydrogen (secondary N) is 4. The fourth-order valence-electron chi connectivity index (χ4n) is 5.88. The molecular formula is C36H30Cl2F2N8O4. The van der Waals surface area contributed by atoms with E-state index in [1.807, 2.05) is 24.3 Å². The van der Waals surface area contributed by atoms with Crippen molar-refractivity contribution in [2.24, 2.45) is 0 Å². The van der Waals surface area contributed by atoms with Gasteiger partial charge in [0.25, 0.3) is 0 Å². The van der Waals surface area contributed by atoms with Gasteiger partial charge in [0.1, 0.15) is 59.6 Å². The van der Waals surface area contributed by atoms with E-state index in [4.69, 9.17) is 42.1 Å². The molecule has 52 heavy (non-hydrogen) atoms. The molecular weight excluding hydrogens is 717 g/mol. The molecule has 0 aliphatic carbocycles. The molecule has 4 aromatic carbocycles. The van der Waals surface area contributed by atoms with E-state index in [1.165, 1.54) is 36.9 Å². The highest BCUT2D eigenvalue weighted by molar-refractivity contribution is 6.31. The van der Waals surface area contributed by atoms with Crippen LogP contribution in [0.2, 0.25) is 10.0 Å². The van der Waals surface area contributed by atoms with Crippen molar-refractivity contribution in [2.45, 2.75) is 25.0 Å². The third kappa shape index (κ3) is 7.37. The lowest BCUT2D eigenvalue weighted by molar-refractivity contribution is 0.141. The van der Waals surface area contributed by atoms with E-state index in [-0.39, 0.29) is 22.3 Å². The zero-order chi connectivity index (χ0) is 35.6. The Morgan fingerprint density at radius 2 is 1.08 bits per heavy atom. The van der Waals surface area contributed by atoms with Crippen LogP contribution in [0, 0.1) is 11.6 Å². The second-order valence-electron chi connectivity index (χ2n) is 12.1. The molecule has 0 amide bonds. The molecule has 6 aromatic rings. The number of hydrogen-bond donors (Lipinski definition) is 4. The van der Waals surface area contributed by atoms with Crippen LogP contribution in [0.15, 0.2) is 73.3 Å². The Labute approximate surface area is 305 Å². The molecule has 4 heterocycles. The van der Waals surface area contributed by atoms with Gasteiger partial charge in [-0.25, -0.2) is 28.7 Å². The number of rotatable bonds is 11. The molecule has 266 valence electrons. The Balaban J connectivity index is 1.17. The molecule has 2 atom stereocenters. The molecule has 0 bridgehead atoms. The first-order valence-corrected chi connectivity index (χ1v) is 17.1. The van der Waals surface area contributed by atoms with E-state index in [0.717, 1.165) is 12.8 Å². The van der Waals surface area contributed by atoms with Crippen molar-refractivity contribution in [3.8, 4) is 11.5 Å². The summed E-state index contributed by atoms with van der Waals surface area (Å²) in [7, 11) is 0. The number of nitrogens with zero attached hydrogens (tertiary/aromatic N) is 4. The smallest absolute Gasteiger partial charge is 0.146 e. The highest BCUT2D eigenvalue weighted by atomic mass is 35.5. The molecule has 0 unspecified atom stereocenters. The topological polar surface area (TPSA) is 137 Å². The summed E-state index contributed by atoms with van der Waals surface area (Å²) in [6, 6.07) is 16.0. The Kier molecular flexibility index (Phi) is 9.60. The highest BCUT2D eigenvalue weighted by Crippen LogP contribution is 2.38. The van der Waals surface area contributed by atoms with Crippen LogP contribution in [0.25, 0.3) is 21.8 Å². The zero-order valence-corrected chi connectivity index (χ0v) is 28.8. The summed E-state index contributed by atoms with van der Waals surface area (Å²) in [5.41, 5.74) is 10.1. The Bertz CT molecular complexity index is 2120. The first-order valence-electron chi connectivity index (χ1n) is 16.4. The summed E-state index contributed by atoms with van der Waals surface area (Å²) in [6.07, 6.45) is 4.01. The van der Waals surface area contributed by atoms with Crippen LogP contribution in [0.5, 0.6) is 11.5 Å². The number of hydrazine groups is 1. The second-order valence-corrected chi connectivity index (χ2v) is 13.0. The minimum Gasteiger partial charge on any atom is -0.486 e. The van der Waals surface area contributed by atoms with E-state index in [9.17, 15) is 8.78 Å². The van der Waals surface area contributed by atoms with Gasteiger partial charge in [-0.15, -0.1) is 0 Å². The second kappa shape index (κ2) is 14.8. The van der Waals surface area contributed by atoms with Crippen LogP contribution in [0.3, 0.4) is 0 Å². The summed E-state index contributed by atoms with van der Waals surface area (Å²) in [4.78, 5) is 17.9. The number of hydrogen-bond acceptors (Lipinski definition) is 12. The molecule has 2 saturated heterocycles. The highest BCUT2D eigenvalue weighted by Gasteiger charge is 2.23. The van der Waals surface area contributed by atoms with Crippen molar-refractivity contribution >= 4 is 79.4 Å². The largest absolute Gasteiger partial charge is 0.486 e. The van der Waals surface area contributed by atoms with E-state index in [1.54, 1.807) is 12.1 Å². The van der Waals surface area contributed by atoms with Crippen molar-refractivity contribution in [1.82, 2.24) is 19.9 Å². The first-order chi connectivity index (χ1) is 25.4. The van der Waals surface area contributed by atoms with Gasteiger partial charge >= 0.3 is 0 Å². The Morgan fingerprint density at radius 1 is 0.615 bits per heavy atom. The number of benzene rings is 4. The number of halogens is 4. The van der Waals surface area contributed by atoms with Crippen molar-refractivity contribution in [1.29, 1.82) is 0 Å². The maximum absolute atomic E-state index is 13.9. The van der Waals surface area contributed by atoms with Gasteiger partial charge in [-0.2, -0.15) is 0 Å². The van der Waals surface area contributed by atoms with Crippen LogP contribution in [-0.2, 0) is 9.47 Å². The molecule has 2 fully saturated rings. The molecule has 16 heteroatoms. The van der Waals surface area contributed by atoms with Crippen molar-refractivity contribution in [3.63, 3.8) is 0 Å². The number of aromatic nitrogens is 4. The van der Waals surface area contributed by atoms with E-state index in [0.29, 0.717) is 94.1 Å². The molecule has 2 aromatic heterocycles. The molecule has 0 radical (unpaired) electrons. The third-order valence-corrected chi connectivity index (χ3v) is 9.11. The van der Waals surface area contributed by atoms with Crippen LogP contribution >= 0.6 is 23.2 Å². The van der Waals surface area contributed by atoms with Gasteiger partial charge in [0.05, 0.1) is 58.9 Å². The fraction of sp³-hybridized carbons (Fsp3) is 0.222. The van der Waals surface area contributed by atoms with Crippen LogP contribution < -0.4 is 31.0 Å². The molecule has 0 saturated carbocycles. The summed E-state index contributed by atoms with van der Waals surface area (Å²) in [5.74, 6) is 0.934. The lowest BCUT2D eigenvalue weighted by Crippen LogP contribution is -2.19. The summed E-state index contributed by atoms with van der Waals surface area (Å²) < 4.78 is 51.8. The number of fused-ring (bicyclic) bond motifs is 2. The van der Waals surface area contributed by atoms with Gasteiger partial charge in [0, 0.05) is 47.1 Å². The minimum atomic E-state index is -0.526. The number of ether oxygens (including phenoxy) is 4. The van der Waals surface area contributed by atoms with Gasteiger partial charge in [-0.3, -0.25) is 10.9 Å². The summed E-state index contributed by atoms with van der Waals surface area (Å²) >= 11 is 12.1. The van der Waals surface area contributed by atoms with Gasteiger partial charge in [-0.05, 0) is 48.5 Å². The van der Waals surface area contributed by atoms with Crippen molar-refractivity contribution in [2.75, 3.05) is 47.9 Å². The van der Waals surface area contributed by atoms with Gasteiger partial charge in [-0.1, -0.05) is 23.2 Å². The normalized spacial score (nSPS) is 17.0. The summed E-state index contributed by atoms with van der Waals surface area (Å²) in [6.45, 7) is 2.10. The SMILES string of the molecule is Fc1ccc(Nc2ncnc3cc(O[C@H]4CCOC4)c(NNc4cc5c(Nc6ccc(F)c(Cl)c6)ncnc5cc4O[C@H]4CCOC4)cc23)cc1Cl. The van der Waals surface area contributed by atoms with E-state index >= 15 is 0 Å². The maximum atomic E-state index is 13.9. The van der Waals surface area contributed by atoms with Gasteiger partial charge in [0.15, 0.2) is 0 Å². The van der Waals surface area contributed by atoms with Crippen LogP contribution in [0.1, 0.15) is 12.8 Å².